The Labute approximate surface area is 89.6 Å². The van der Waals surface area contributed by atoms with Crippen LogP contribution in [-0.2, 0) is 6.42 Å². The molecule has 0 spiro atoms. The lowest BCUT2D eigenvalue weighted by Crippen LogP contribution is -2.03. The van der Waals surface area contributed by atoms with Crippen LogP contribution in [0.3, 0.4) is 0 Å². The molecule has 3 nitrogen and oxygen atoms in total. The zero-order chi connectivity index (χ0) is 9.97. The Morgan fingerprint density at radius 1 is 1.43 bits per heavy atom. The van der Waals surface area contributed by atoms with Crippen molar-refractivity contribution >= 4 is 28.7 Å². The van der Waals surface area contributed by atoms with Crippen molar-refractivity contribution in [1.29, 1.82) is 0 Å². The first-order chi connectivity index (χ1) is 6.77. The molecular formula is C9H8N2OS2. The molecule has 14 heavy (non-hydrogen) atoms. The van der Waals surface area contributed by atoms with Crippen molar-refractivity contribution < 1.29 is 4.79 Å². The summed E-state index contributed by atoms with van der Waals surface area (Å²) in [5, 5.41) is 9.52. The number of hydrogen-bond acceptors (Lipinski definition) is 5. The van der Waals surface area contributed by atoms with Crippen LogP contribution in [0.1, 0.15) is 21.6 Å². The summed E-state index contributed by atoms with van der Waals surface area (Å²) in [6.07, 6.45) is 0.355. The van der Waals surface area contributed by atoms with E-state index in [1.54, 1.807) is 16.7 Å². The number of carbonyl (C=O) groups is 1. The normalized spacial score (nSPS) is 10.4. The van der Waals surface area contributed by atoms with Gasteiger partial charge in [-0.25, -0.2) is 0 Å². The predicted molar refractivity (Wildman–Crippen MR) is 57.0 cm³/mol. The molecule has 2 heterocycles. The van der Waals surface area contributed by atoms with E-state index in [2.05, 4.69) is 9.59 Å². The van der Waals surface area contributed by atoms with Gasteiger partial charge in [0, 0.05) is 16.3 Å². The second-order valence-corrected chi connectivity index (χ2v) is 4.32. The number of aromatic nitrogens is 2. The highest BCUT2D eigenvalue weighted by atomic mass is 32.1. The van der Waals surface area contributed by atoms with Gasteiger partial charge in [-0.1, -0.05) is 4.49 Å². The fraction of sp³-hybridized carbons (Fsp3) is 0.222. The van der Waals surface area contributed by atoms with Crippen LogP contribution in [0, 0.1) is 6.92 Å². The molecule has 0 atom stereocenters. The smallest absolute Gasteiger partial charge is 0.170 e. The van der Waals surface area contributed by atoms with E-state index in [1.807, 2.05) is 17.7 Å². The van der Waals surface area contributed by atoms with Crippen molar-refractivity contribution in [2.75, 3.05) is 0 Å². The molecule has 0 saturated heterocycles. The molecule has 2 rings (SSSR count). The molecule has 0 N–H and O–H groups in total. The summed E-state index contributed by atoms with van der Waals surface area (Å²) >= 11 is 2.83. The highest BCUT2D eigenvalue weighted by Crippen LogP contribution is 2.16. The minimum absolute atomic E-state index is 0.122. The van der Waals surface area contributed by atoms with E-state index in [1.165, 1.54) is 11.5 Å². The van der Waals surface area contributed by atoms with Gasteiger partial charge in [0.2, 0.25) is 0 Å². The van der Waals surface area contributed by atoms with Gasteiger partial charge in [0.05, 0.1) is 12.1 Å². The molecule has 0 aliphatic heterocycles. The molecule has 0 saturated carbocycles. The van der Waals surface area contributed by atoms with Crippen molar-refractivity contribution in [1.82, 2.24) is 9.59 Å². The summed E-state index contributed by atoms with van der Waals surface area (Å²) in [6, 6.07) is 0. The van der Waals surface area contributed by atoms with Crippen LogP contribution in [0.4, 0.5) is 0 Å². The van der Waals surface area contributed by atoms with E-state index in [9.17, 15) is 4.79 Å². The fourth-order valence-electron chi connectivity index (χ4n) is 1.17. The van der Waals surface area contributed by atoms with Crippen LogP contribution in [0.5, 0.6) is 0 Å². The third-order valence-corrected chi connectivity index (χ3v) is 3.32. The van der Waals surface area contributed by atoms with Gasteiger partial charge in [-0.15, -0.1) is 5.10 Å². The number of thiophene rings is 1. The van der Waals surface area contributed by atoms with Crippen molar-refractivity contribution in [3.05, 3.63) is 33.0 Å². The fourth-order valence-corrected chi connectivity index (χ4v) is 2.47. The number of aryl methyl sites for hydroxylation is 1. The minimum atomic E-state index is 0.122. The Morgan fingerprint density at radius 3 is 2.86 bits per heavy atom. The lowest BCUT2D eigenvalue weighted by Gasteiger charge is -1.95. The molecule has 0 aliphatic carbocycles. The van der Waals surface area contributed by atoms with Crippen molar-refractivity contribution in [3.8, 4) is 0 Å². The second-order valence-electron chi connectivity index (χ2n) is 2.96. The van der Waals surface area contributed by atoms with Crippen LogP contribution in [-0.4, -0.2) is 15.4 Å². The van der Waals surface area contributed by atoms with E-state index in [0.717, 1.165) is 16.8 Å². The Hall–Kier alpha value is -1.07. The van der Waals surface area contributed by atoms with E-state index < -0.39 is 0 Å². The standard InChI is InChI=1S/C9H8N2OS2/c1-6-3-13-5-8(6)9(12)2-7-4-14-11-10-7/h3-5H,2H2,1H3. The number of ketones is 1. The van der Waals surface area contributed by atoms with E-state index >= 15 is 0 Å². The SMILES string of the molecule is Cc1cscc1C(=O)Cc1csnn1. The number of Topliss-reactive ketones (excluding diaryl/α,β-unsaturated/α-hetero) is 1. The zero-order valence-corrected chi connectivity index (χ0v) is 9.19. The summed E-state index contributed by atoms with van der Waals surface area (Å²) in [6.45, 7) is 1.95. The van der Waals surface area contributed by atoms with Gasteiger partial charge >= 0.3 is 0 Å². The van der Waals surface area contributed by atoms with Gasteiger partial charge in [0.25, 0.3) is 0 Å². The third kappa shape index (κ3) is 1.88. The summed E-state index contributed by atoms with van der Waals surface area (Å²) in [7, 11) is 0. The quantitative estimate of drug-likeness (QED) is 0.751. The first kappa shape index (κ1) is 9.48. The summed E-state index contributed by atoms with van der Waals surface area (Å²) in [5.41, 5.74) is 2.61. The van der Waals surface area contributed by atoms with E-state index in [4.69, 9.17) is 0 Å². The lowest BCUT2D eigenvalue weighted by molar-refractivity contribution is 0.0992. The Morgan fingerprint density at radius 2 is 2.29 bits per heavy atom. The van der Waals surface area contributed by atoms with Crippen LogP contribution in [0.25, 0.3) is 0 Å². The number of hydrogen-bond donors (Lipinski definition) is 0. The Kier molecular flexibility index (Phi) is 2.69. The third-order valence-electron chi connectivity index (χ3n) is 1.90. The van der Waals surface area contributed by atoms with Gasteiger partial charge in [-0.05, 0) is 29.4 Å². The van der Waals surface area contributed by atoms with Gasteiger partial charge in [0.1, 0.15) is 0 Å². The highest BCUT2D eigenvalue weighted by molar-refractivity contribution is 7.08. The van der Waals surface area contributed by atoms with Crippen LogP contribution < -0.4 is 0 Å². The van der Waals surface area contributed by atoms with Gasteiger partial charge < -0.3 is 0 Å². The average molecular weight is 224 g/mol. The van der Waals surface area contributed by atoms with E-state index in [0.29, 0.717) is 6.42 Å². The zero-order valence-electron chi connectivity index (χ0n) is 7.56. The van der Waals surface area contributed by atoms with Crippen molar-refractivity contribution in [2.24, 2.45) is 0 Å². The average Bonchev–Trinajstić information content (AvgIpc) is 2.75. The van der Waals surface area contributed by atoms with Gasteiger partial charge in [0.15, 0.2) is 5.78 Å². The first-order valence-corrected chi connectivity index (χ1v) is 5.87. The number of rotatable bonds is 3. The molecule has 72 valence electrons. The Bertz CT molecular complexity index is 433. The molecule has 5 heteroatoms. The number of nitrogens with zero attached hydrogens (tertiary/aromatic N) is 2. The molecule has 0 amide bonds. The van der Waals surface area contributed by atoms with Crippen LogP contribution in [0.15, 0.2) is 16.1 Å². The first-order valence-electron chi connectivity index (χ1n) is 4.09. The molecule has 0 aliphatic rings. The van der Waals surface area contributed by atoms with Crippen molar-refractivity contribution in [2.45, 2.75) is 13.3 Å². The molecule has 0 radical (unpaired) electrons. The molecular weight excluding hydrogens is 216 g/mol. The maximum Gasteiger partial charge on any atom is 0.170 e. The molecule has 0 fully saturated rings. The number of carbonyl (C=O) groups excluding carboxylic acids is 1. The topological polar surface area (TPSA) is 42.9 Å². The molecule has 0 aromatic carbocycles. The van der Waals surface area contributed by atoms with Crippen LogP contribution >= 0.6 is 22.9 Å². The second kappa shape index (κ2) is 3.98. The molecule has 2 aromatic rings. The van der Waals surface area contributed by atoms with Gasteiger partial charge in [-0.3, -0.25) is 4.79 Å². The maximum absolute atomic E-state index is 11.7. The van der Waals surface area contributed by atoms with Crippen molar-refractivity contribution in [3.63, 3.8) is 0 Å². The Balaban J connectivity index is 2.14. The monoisotopic (exact) mass is 224 g/mol. The molecule has 2 aromatic heterocycles. The summed E-state index contributed by atoms with van der Waals surface area (Å²) < 4.78 is 3.72. The molecule has 0 unspecified atom stereocenters. The van der Waals surface area contributed by atoms with E-state index in [-0.39, 0.29) is 5.78 Å². The lowest BCUT2D eigenvalue weighted by atomic mass is 10.1. The molecule has 0 bridgehead atoms. The largest absolute Gasteiger partial charge is 0.294 e. The van der Waals surface area contributed by atoms with Gasteiger partial charge in [-0.2, -0.15) is 11.3 Å². The summed E-state index contributed by atoms with van der Waals surface area (Å²) in [5.74, 6) is 0.122. The van der Waals surface area contributed by atoms with Crippen LogP contribution in [0.2, 0.25) is 0 Å². The predicted octanol–water partition coefficient (Wildman–Crippen LogP) is 2.33. The minimum Gasteiger partial charge on any atom is -0.294 e. The maximum atomic E-state index is 11.7. The highest BCUT2D eigenvalue weighted by Gasteiger charge is 2.11. The summed E-state index contributed by atoms with van der Waals surface area (Å²) in [4.78, 5) is 11.7.